The minimum Gasteiger partial charge on any atom is -0.480 e. The van der Waals surface area contributed by atoms with Crippen LogP contribution in [0, 0.1) is 0 Å². The third-order valence-electron chi connectivity index (χ3n) is 6.44. The van der Waals surface area contributed by atoms with Crippen LogP contribution in [0.4, 0.5) is 13.2 Å². The van der Waals surface area contributed by atoms with Gasteiger partial charge >= 0.3 is 6.18 Å². The summed E-state index contributed by atoms with van der Waals surface area (Å²) in [6, 6.07) is 7.15. The van der Waals surface area contributed by atoms with Crippen molar-refractivity contribution in [3.8, 4) is 28.7 Å². The molecule has 1 aromatic carbocycles. The van der Waals surface area contributed by atoms with Crippen molar-refractivity contribution in [1.29, 1.82) is 0 Å². The van der Waals surface area contributed by atoms with Gasteiger partial charge in [-0.05, 0) is 34.3 Å². The summed E-state index contributed by atoms with van der Waals surface area (Å²) in [7, 11) is 3.09. The molecule has 0 atom stereocenters. The predicted octanol–water partition coefficient (Wildman–Crippen LogP) is 5.40. The van der Waals surface area contributed by atoms with Crippen LogP contribution in [0.15, 0.2) is 47.6 Å². The molecule has 0 bridgehead atoms. The number of rotatable bonds is 6. The van der Waals surface area contributed by atoms with E-state index in [2.05, 4.69) is 41.0 Å². The number of nitrogens with zero attached hydrogens (tertiary/aromatic N) is 8. The third-order valence-corrected chi connectivity index (χ3v) is 7.35. The van der Waals surface area contributed by atoms with Crippen molar-refractivity contribution in [1.82, 2.24) is 39.3 Å². The molecule has 6 rings (SSSR count). The molecule has 1 fully saturated rings. The maximum absolute atomic E-state index is 13.3. The van der Waals surface area contributed by atoms with Crippen molar-refractivity contribution in [2.75, 3.05) is 7.11 Å². The molecule has 0 spiro atoms. The van der Waals surface area contributed by atoms with Gasteiger partial charge in [-0.25, -0.2) is 29.6 Å². The van der Waals surface area contributed by atoms with Crippen molar-refractivity contribution in [2.45, 2.75) is 31.5 Å². The van der Waals surface area contributed by atoms with E-state index in [4.69, 9.17) is 9.72 Å². The first-order valence-corrected chi connectivity index (χ1v) is 12.5. The van der Waals surface area contributed by atoms with Crippen molar-refractivity contribution in [2.24, 2.45) is 7.05 Å². The highest BCUT2D eigenvalue weighted by atomic mass is 79.9. The van der Waals surface area contributed by atoms with E-state index in [0.29, 0.717) is 40.9 Å². The zero-order chi connectivity index (χ0) is 26.6. The van der Waals surface area contributed by atoms with Crippen molar-refractivity contribution in [3.05, 3.63) is 64.5 Å². The summed E-state index contributed by atoms with van der Waals surface area (Å²) in [5.41, 5.74) is 2.70. The molecular weight excluding hydrogens is 565 g/mol. The Bertz CT molecular complexity index is 1660. The lowest BCUT2D eigenvalue weighted by Crippen LogP contribution is -2.06. The third kappa shape index (κ3) is 4.30. The molecule has 1 aliphatic rings. The summed E-state index contributed by atoms with van der Waals surface area (Å²) < 4.78 is 48.3. The molecule has 4 heterocycles. The standard InChI is InChI=1S/C25H20BrF3N8O/c1-36-20(26)19(25(27,28)29)34-22(36)15-5-3-13(4-6-15)11-37-23-16(10-33-37)9-30-21(35-23)17-18(14-7-8-14)31-12-32-24(17)38-2/h3-6,9-10,12,14H,7-8,11H2,1-2H3. The first-order valence-electron chi connectivity index (χ1n) is 11.7. The van der Waals surface area contributed by atoms with E-state index in [9.17, 15) is 13.2 Å². The molecule has 0 N–H and O–H groups in total. The highest BCUT2D eigenvalue weighted by molar-refractivity contribution is 9.10. The zero-order valence-corrected chi connectivity index (χ0v) is 21.8. The van der Waals surface area contributed by atoms with Crippen LogP contribution in [0.25, 0.3) is 33.8 Å². The second-order valence-corrected chi connectivity index (χ2v) is 9.77. The average molecular weight is 585 g/mol. The Morgan fingerprint density at radius 3 is 2.47 bits per heavy atom. The van der Waals surface area contributed by atoms with Crippen LogP contribution in [0.1, 0.15) is 35.7 Å². The summed E-state index contributed by atoms with van der Waals surface area (Å²) in [5, 5.41) is 5.25. The number of hydrogen-bond acceptors (Lipinski definition) is 7. The Morgan fingerprint density at radius 2 is 1.82 bits per heavy atom. The van der Waals surface area contributed by atoms with Gasteiger partial charge in [0.1, 0.15) is 22.3 Å². The van der Waals surface area contributed by atoms with E-state index in [1.165, 1.54) is 17.9 Å². The topological polar surface area (TPSA) is 96.4 Å². The molecular formula is C25H20BrF3N8O. The SMILES string of the molecule is COc1ncnc(C2CC2)c1-c1ncc2cnn(Cc3ccc(-c4nc(C(F)(F)F)c(Br)n4C)cc3)c2n1. The zero-order valence-electron chi connectivity index (χ0n) is 20.2. The Hall–Kier alpha value is -3.87. The average Bonchev–Trinajstić information content (AvgIpc) is 3.62. The lowest BCUT2D eigenvalue weighted by atomic mass is 10.1. The number of halogens is 4. The van der Waals surface area contributed by atoms with Gasteiger partial charge < -0.3 is 9.30 Å². The summed E-state index contributed by atoms with van der Waals surface area (Å²) in [4.78, 5) is 21.9. The minimum atomic E-state index is -4.55. The number of benzene rings is 1. The Balaban J connectivity index is 1.32. The van der Waals surface area contributed by atoms with Gasteiger partial charge in [-0.3, -0.25) is 0 Å². The van der Waals surface area contributed by atoms with Gasteiger partial charge in [0.25, 0.3) is 0 Å². The Kier molecular flexibility index (Phi) is 5.89. The number of fused-ring (bicyclic) bond motifs is 1. The van der Waals surface area contributed by atoms with E-state index in [1.807, 2.05) is 12.1 Å². The van der Waals surface area contributed by atoms with E-state index < -0.39 is 11.9 Å². The highest BCUT2D eigenvalue weighted by Crippen LogP contribution is 2.45. The number of alkyl halides is 3. The van der Waals surface area contributed by atoms with Crippen LogP contribution in [0.3, 0.4) is 0 Å². The lowest BCUT2D eigenvalue weighted by molar-refractivity contribution is -0.141. The normalized spacial score (nSPS) is 13.8. The van der Waals surface area contributed by atoms with Gasteiger partial charge in [-0.1, -0.05) is 24.3 Å². The van der Waals surface area contributed by atoms with Gasteiger partial charge in [0.15, 0.2) is 17.2 Å². The molecule has 0 saturated heterocycles. The highest BCUT2D eigenvalue weighted by Gasteiger charge is 2.38. The van der Waals surface area contributed by atoms with Crippen LogP contribution >= 0.6 is 15.9 Å². The second-order valence-electron chi connectivity index (χ2n) is 9.02. The number of imidazole rings is 1. The summed E-state index contributed by atoms with van der Waals surface area (Å²) in [5.74, 6) is 1.45. The minimum absolute atomic E-state index is 0.118. The van der Waals surface area contributed by atoms with Gasteiger partial charge in [0, 0.05) is 24.7 Å². The molecule has 0 unspecified atom stereocenters. The van der Waals surface area contributed by atoms with Crippen LogP contribution in [-0.2, 0) is 19.8 Å². The van der Waals surface area contributed by atoms with E-state index in [0.717, 1.165) is 29.5 Å². The summed E-state index contributed by atoms with van der Waals surface area (Å²) in [6.45, 7) is 0.399. The van der Waals surface area contributed by atoms with Crippen LogP contribution in [0.5, 0.6) is 5.88 Å². The van der Waals surface area contributed by atoms with Crippen LogP contribution < -0.4 is 4.74 Å². The fourth-order valence-corrected chi connectivity index (χ4v) is 4.85. The fraction of sp³-hybridized carbons (Fsp3) is 0.280. The fourth-order valence-electron chi connectivity index (χ4n) is 4.37. The Labute approximate surface area is 222 Å². The molecule has 9 nitrogen and oxygen atoms in total. The number of aromatic nitrogens is 8. The molecule has 5 aromatic rings. The second kappa shape index (κ2) is 9.15. The van der Waals surface area contributed by atoms with E-state index in [1.54, 1.807) is 36.3 Å². The largest absolute Gasteiger partial charge is 0.480 e. The van der Waals surface area contributed by atoms with Gasteiger partial charge in [-0.15, -0.1) is 0 Å². The van der Waals surface area contributed by atoms with E-state index in [-0.39, 0.29) is 10.4 Å². The first-order chi connectivity index (χ1) is 18.2. The van der Waals surface area contributed by atoms with Crippen LogP contribution in [0.2, 0.25) is 0 Å². The molecule has 0 aliphatic heterocycles. The maximum Gasteiger partial charge on any atom is 0.436 e. The van der Waals surface area contributed by atoms with Gasteiger partial charge in [-0.2, -0.15) is 18.3 Å². The molecule has 194 valence electrons. The quantitative estimate of drug-likeness (QED) is 0.263. The van der Waals surface area contributed by atoms with Gasteiger partial charge in [0.05, 0.1) is 30.9 Å². The number of ether oxygens (including phenoxy) is 1. The molecule has 1 aliphatic carbocycles. The molecule has 0 amide bonds. The summed E-state index contributed by atoms with van der Waals surface area (Å²) in [6.07, 6.45) is 2.46. The summed E-state index contributed by atoms with van der Waals surface area (Å²) >= 11 is 3.00. The molecule has 1 saturated carbocycles. The predicted molar refractivity (Wildman–Crippen MR) is 135 cm³/mol. The van der Waals surface area contributed by atoms with Gasteiger partial charge in [0.2, 0.25) is 5.88 Å². The van der Waals surface area contributed by atoms with Crippen LogP contribution in [-0.4, -0.2) is 46.4 Å². The monoisotopic (exact) mass is 584 g/mol. The Morgan fingerprint density at radius 1 is 1.05 bits per heavy atom. The number of hydrogen-bond donors (Lipinski definition) is 0. The van der Waals surface area contributed by atoms with Crippen molar-refractivity contribution in [3.63, 3.8) is 0 Å². The first kappa shape index (κ1) is 24.5. The molecule has 13 heteroatoms. The van der Waals surface area contributed by atoms with Crippen molar-refractivity contribution < 1.29 is 17.9 Å². The molecule has 4 aromatic heterocycles. The molecule has 0 radical (unpaired) electrons. The van der Waals surface area contributed by atoms with Crippen molar-refractivity contribution >= 4 is 27.0 Å². The molecule has 38 heavy (non-hydrogen) atoms. The number of methoxy groups -OCH3 is 1. The smallest absolute Gasteiger partial charge is 0.436 e. The maximum atomic E-state index is 13.3. The lowest BCUT2D eigenvalue weighted by Gasteiger charge is -2.11. The van der Waals surface area contributed by atoms with E-state index >= 15 is 0 Å².